The summed E-state index contributed by atoms with van der Waals surface area (Å²) in [6, 6.07) is 5.48. The van der Waals surface area contributed by atoms with Gasteiger partial charge in [-0.3, -0.25) is 4.79 Å². The largest absolute Gasteiger partial charge is 0.440 e. The van der Waals surface area contributed by atoms with E-state index in [0.29, 0.717) is 12.4 Å². The summed E-state index contributed by atoms with van der Waals surface area (Å²) in [5.41, 5.74) is 7.87. The van der Waals surface area contributed by atoms with E-state index in [9.17, 15) is 4.79 Å². The number of hydrogen-bond acceptors (Lipinski definition) is 4. The number of hydrogen-bond donors (Lipinski definition) is 2. The zero-order valence-electron chi connectivity index (χ0n) is 13.0. The lowest BCUT2D eigenvalue weighted by Crippen LogP contribution is -2.33. The van der Waals surface area contributed by atoms with Crippen LogP contribution in [-0.2, 0) is 4.79 Å². The van der Waals surface area contributed by atoms with Crippen LogP contribution in [-0.4, -0.2) is 17.4 Å². The zero-order valence-corrected chi connectivity index (χ0v) is 13.0. The van der Waals surface area contributed by atoms with Gasteiger partial charge in [0.1, 0.15) is 5.52 Å². The summed E-state index contributed by atoms with van der Waals surface area (Å²) in [5.74, 6) is 0.899. The summed E-state index contributed by atoms with van der Waals surface area (Å²) >= 11 is 0. The van der Waals surface area contributed by atoms with Crippen molar-refractivity contribution in [2.24, 2.45) is 17.6 Å². The predicted octanol–water partition coefficient (Wildman–Crippen LogP) is 3.12. The monoisotopic (exact) mass is 289 g/mol. The highest BCUT2D eigenvalue weighted by Crippen LogP contribution is 2.24. The van der Waals surface area contributed by atoms with Crippen LogP contribution in [0.2, 0.25) is 0 Å². The number of aromatic nitrogens is 1. The van der Waals surface area contributed by atoms with Gasteiger partial charge in [-0.25, -0.2) is 4.98 Å². The number of nitrogens with zero attached hydrogens (tertiary/aromatic N) is 1. The Hall–Kier alpha value is -1.88. The second-order valence-electron chi connectivity index (χ2n) is 5.96. The molecule has 2 aromatic rings. The van der Waals surface area contributed by atoms with E-state index < -0.39 is 0 Å². The SMILES string of the molecule is CC(C)c1nc2cc(NC(=O)C(CN)C(C)C)ccc2o1. The number of nitrogens with one attached hydrogen (secondary N) is 1. The van der Waals surface area contributed by atoms with Gasteiger partial charge in [-0.1, -0.05) is 27.7 Å². The minimum Gasteiger partial charge on any atom is -0.440 e. The molecule has 0 aliphatic rings. The van der Waals surface area contributed by atoms with Crippen molar-refractivity contribution in [1.29, 1.82) is 0 Å². The summed E-state index contributed by atoms with van der Waals surface area (Å²) < 4.78 is 5.65. The molecule has 5 nitrogen and oxygen atoms in total. The third-order valence-electron chi connectivity index (χ3n) is 3.56. The van der Waals surface area contributed by atoms with E-state index in [2.05, 4.69) is 10.3 Å². The third kappa shape index (κ3) is 3.42. The van der Waals surface area contributed by atoms with E-state index >= 15 is 0 Å². The van der Waals surface area contributed by atoms with Crippen molar-refractivity contribution in [2.45, 2.75) is 33.6 Å². The number of nitrogens with two attached hydrogens (primary N) is 1. The van der Waals surface area contributed by atoms with Crippen molar-refractivity contribution in [1.82, 2.24) is 4.98 Å². The van der Waals surface area contributed by atoms with Gasteiger partial charge in [0.25, 0.3) is 0 Å². The Labute approximate surface area is 124 Å². The summed E-state index contributed by atoms with van der Waals surface area (Å²) in [4.78, 5) is 16.6. The molecule has 1 aromatic heterocycles. The second kappa shape index (κ2) is 6.26. The Morgan fingerprint density at radius 2 is 2.05 bits per heavy atom. The van der Waals surface area contributed by atoms with E-state index in [0.717, 1.165) is 16.8 Å². The molecule has 0 aliphatic heterocycles. The first-order valence-electron chi connectivity index (χ1n) is 7.33. The van der Waals surface area contributed by atoms with Crippen LogP contribution < -0.4 is 11.1 Å². The van der Waals surface area contributed by atoms with Gasteiger partial charge in [-0.05, 0) is 24.1 Å². The molecule has 0 fully saturated rings. The first-order valence-corrected chi connectivity index (χ1v) is 7.33. The van der Waals surface area contributed by atoms with Crippen LogP contribution in [0.3, 0.4) is 0 Å². The highest BCUT2D eigenvalue weighted by Gasteiger charge is 2.20. The average molecular weight is 289 g/mol. The number of carbonyl (C=O) groups is 1. The smallest absolute Gasteiger partial charge is 0.229 e. The molecule has 1 unspecified atom stereocenters. The Bertz CT molecular complexity index is 631. The van der Waals surface area contributed by atoms with Gasteiger partial charge >= 0.3 is 0 Å². The maximum atomic E-state index is 12.2. The van der Waals surface area contributed by atoms with Gasteiger partial charge in [0.15, 0.2) is 11.5 Å². The van der Waals surface area contributed by atoms with Gasteiger partial charge in [0.2, 0.25) is 5.91 Å². The summed E-state index contributed by atoms with van der Waals surface area (Å²) in [6.45, 7) is 8.39. The normalized spacial score (nSPS) is 13.1. The third-order valence-corrected chi connectivity index (χ3v) is 3.56. The number of benzene rings is 1. The molecule has 1 atom stereocenters. The van der Waals surface area contributed by atoms with Crippen LogP contribution in [0.1, 0.15) is 39.5 Å². The number of amides is 1. The lowest BCUT2D eigenvalue weighted by molar-refractivity contribution is -0.120. The molecule has 0 spiro atoms. The fourth-order valence-electron chi connectivity index (χ4n) is 2.19. The number of anilines is 1. The van der Waals surface area contributed by atoms with E-state index in [-0.39, 0.29) is 23.7 Å². The number of fused-ring (bicyclic) bond motifs is 1. The first-order chi connectivity index (χ1) is 9.92. The molecule has 114 valence electrons. The van der Waals surface area contributed by atoms with Crippen molar-refractivity contribution >= 4 is 22.7 Å². The molecule has 1 aromatic carbocycles. The summed E-state index contributed by atoms with van der Waals surface area (Å²) in [7, 11) is 0. The molecular weight excluding hydrogens is 266 g/mol. The quantitative estimate of drug-likeness (QED) is 0.886. The molecular formula is C16H23N3O2. The van der Waals surface area contributed by atoms with Crippen LogP contribution in [0.15, 0.2) is 22.6 Å². The zero-order chi connectivity index (χ0) is 15.6. The average Bonchev–Trinajstić information content (AvgIpc) is 2.82. The lowest BCUT2D eigenvalue weighted by Gasteiger charge is -2.18. The number of oxazole rings is 1. The van der Waals surface area contributed by atoms with Gasteiger partial charge in [0.05, 0.1) is 5.92 Å². The van der Waals surface area contributed by atoms with Crippen LogP contribution in [0.25, 0.3) is 11.1 Å². The van der Waals surface area contributed by atoms with Crippen molar-refractivity contribution in [3.8, 4) is 0 Å². The van der Waals surface area contributed by atoms with Crippen molar-refractivity contribution < 1.29 is 9.21 Å². The Kier molecular flexibility index (Phi) is 4.63. The Morgan fingerprint density at radius 1 is 1.33 bits per heavy atom. The molecule has 1 heterocycles. The van der Waals surface area contributed by atoms with Gasteiger partial charge in [-0.15, -0.1) is 0 Å². The van der Waals surface area contributed by atoms with Crippen molar-refractivity contribution in [3.63, 3.8) is 0 Å². The second-order valence-corrected chi connectivity index (χ2v) is 5.96. The van der Waals surface area contributed by atoms with Crippen LogP contribution in [0, 0.1) is 11.8 Å². The Morgan fingerprint density at radius 3 is 2.62 bits per heavy atom. The predicted molar refractivity (Wildman–Crippen MR) is 84.1 cm³/mol. The fraction of sp³-hybridized carbons (Fsp3) is 0.500. The lowest BCUT2D eigenvalue weighted by atomic mass is 9.95. The molecule has 21 heavy (non-hydrogen) atoms. The van der Waals surface area contributed by atoms with Crippen molar-refractivity contribution in [2.75, 3.05) is 11.9 Å². The molecule has 2 rings (SSSR count). The van der Waals surface area contributed by atoms with E-state index in [1.807, 2.05) is 45.9 Å². The molecule has 0 aliphatic carbocycles. The molecule has 1 amide bonds. The molecule has 0 saturated carbocycles. The topological polar surface area (TPSA) is 81.2 Å². The summed E-state index contributed by atoms with van der Waals surface area (Å²) in [5, 5.41) is 2.90. The van der Waals surface area contributed by atoms with E-state index in [1.54, 1.807) is 0 Å². The van der Waals surface area contributed by atoms with Crippen LogP contribution >= 0.6 is 0 Å². The highest BCUT2D eigenvalue weighted by molar-refractivity contribution is 5.94. The Balaban J connectivity index is 2.21. The molecule has 3 N–H and O–H groups in total. The number of carbonyl (C=O) groups excluding carboxylic acids is 1. The van der Waals surface area contributed by atoms with Gasteiger partial charge in [-0.2, -0.15) is 0 Å². The van der Waals surface area contributed by atoms with Crippen molar-refractivity contribution in [3.05, 3.63) is 24.1 Å². The molecule has 0 saturated heterocycles. The maximum Gasteiger partial charge on any atom is 0.229 e. The molecule has 5 heteroatoms. The van der Waals surface area contributed by atoms with Crippen LogP contribution in [0.4, 0.5) is 5.69 Å². The number of rotatable bonds is 5. The minimum absolute atomic E-state index is 0.0561. The summed E-state index contributed by atoms with van der Waals surface area (Å²) in [6.07, 6.45) is 0. The standard InChI is InChI=1S/C16H23N3O2/c1-9(2)12(8-17)15(20)18-11-5-6-14-13(7-11)19-16(21-14)10(3)4/h5-7,9-10,12H,8,17H2,1-4H3,(H,18,20). The highest BCUT2D eigenvalue weighted by atomic mass is 16.3. The maximum absolute atomic E-state index is 12.2. The first kappa shape index (κ1) is 15.5. The van der Waals surface area contributed by atoms with Gasteiger partial charge in [0, 0.05) is 18.2 Å². The fourth-order valence-corrected chi connectivity index (χ4v) is 2.19. The van der Waals surface area contributed by atoms with E-state index in [1.165, 1.54) is 0 Å². The minimum atomic E-state index is -0.191. The van der Waals surface area contributed by atoms with E-state index in [4.69, 9.17) is 10.2 Å². The van der Waals surface area contributed by atoms with Crippen LogP contribution in [0.5, 0.6) is 0 Å². The molecule has 0 radical (unpaired) electrons. The van der Waals surface area contributed by atoms with Gasteiger partial charge < -0.3 is 15.5 Å². The molecule has 0 bridgehead atoms.